The summed E-state index contributed by atoms with van der Waals surface area (Å²) in [6, 6.07) is 16.8. The quantitative estimate of drug-likeness (QED) is 0.794. The van der Waals surface area contributed by atoms with Gasteiger partial charge in [-0.25, -0.2) is 0 Å². The fraction of sp³-hybridized carbons (Fsp3) is 0.235. The lowest BCUT2D eigenvalue weighted by atomic mass is 10.1. The minimum absolute atomic E-state index is 0.340. The van der Waals surface area contributed by atoms with Crippen molar-refractivity contribution in [2.45, 2.75) is 26.4 Å². The molecule has 2 aromatic carbocycles. The van der Waals surface area contributed by atoms with Crippen LogP contribution < -0.4 is 10.6 Å². The average Bonchev–Trinajstić information content (AvgIpc) is 2.45. The van der Waals surface area contributed by atoms with Gasteiger partial charge in [-0.3, -0.25) is 0 Å². The molecule has 0 aliphatic rings. The van der Waals surface area contributed by atoms with Gasteiger partial charge < -0.3 is 10.6 Å². The van der Waals surface area contributed by atoms with Gasteiger partial charge >= 0.3 is 0 Å². The summed E-state index contributed by atoms with van der Waals surface area (Å²) in [5.41, 5.74) is 9.15. The third kappa shape index (κ3) is 3.83. The fourth-order valence-electron chi connectivity index (χ4n) is 2.32. The van der Waals surface area contributed by atoms with Crippen molar-refractivity contribution >= 4 is 38.8 Å². The molecule has 0 unspecified atom stereocenters. The van der Waals surface area contributed by atoms with Gasteiger partial charge in [-0.15, -0.1) is 0 Å². The molecular weight excluding hydrogens is 344 g/mol. The third-order valence-electron chi connectivity index (χ3n) is 3.37. The molecule has 0 aliphatic heterocycles. The third-order valence-corrected chi connectivity index (χ3v) is 4.23. The first-order chi connectivity index (χ1) is 10.0. The van der Waals surface area contributed by atoms with Crippen LogP contribution in [0, 0.1) is 0 Å². The number of benzene rings is 2. The van der Waals surface area contributed by atoms with Crippen molar-refractivity contribution in [2.75, 3.05) is 4.90 Å². The molecule has 0 spiro atoms. The average molecular weight is 363 g/mol. The molecular formula is C17H19BrN2S. The second-order valence-electron chi connectivity index (χ2n) is 5.21. The topological polar surface area (TPSA) is 29.3 Å². The lowest BCUT2D eigenvalue weighted by Gasteiger charge is -2.31. The molecule has 0 amide bonds. The lowest BCUT2D eigenvalue weighted by molar-refractivity contribution is 0.682. The van der Waals surface area contributed by atoms with Gasteiger partial charge in [-0.2, -0.15) is 0 Å². The molecule has 0 radical (unpaired) electrons. The highest BCUT2D eigenvalue weighted by Crippen LogP contribution is 2.30. The maximum Gasteiger partial charge on any atom is 0.107 e. The van der Waals surface area contributed by atoms with Crippen molar-refractivity contribution in [3.05, 3.63) is 64.1 Å². The van der Waals surface area contributed by atoms with E-state index < -0.39 is 0 Å². The van der Waals surface area contributed by atoms with E-state index in [9.17, 15) is 0 Å². The molecule has 2 aromatic rings. The van der Waals surface area contributed by atoms with Gasteiger partial charge in [0.2, 0.25) is 0 Å². The van der Waals surface area contributed by atoms with E-state index in [1.165, 1.54) is 5.56 Å². The van der Waals surface area contributed by atoms with E-state index in [0.29, 0.717) is 11.0 Å². The largest absolute Gasteiger partial charge is 0.389 e. The number of rotatable bonds is 5. The summed E-state index contributed by atoms with van der Waals surface area (Å²) in [6.07, 6.45) is 0. The van der Waals surface area contributed by atoms with Gasteiger partial charge in [0.05, 0.1) is 0 Å². The van der Waals surface area contributed by atoms with E-state index in [0.717, 1.165) is 22.3 Å². The normalized spacial score (nSPS) is 10.7. The Bertz CT molecular complexity index is 626. The number of nitrogens with two attached hydrogens (primary N) is 1. The molecule has 0 atom stereocenters. The van der Waals surface area contributed by atoms with Crippen LogP contribution in [0.5, 0.6) is 0 Å². The standard InChI is InChI=1S/C17H19BrN2S/c1-12(2)20(11-13-7-4-3-5-8-13)15-10-6-9-14(18)16(15)17(19)21/h3-10,12H,11H2,1-2H3,(H2,19,21). The SMILES string of the molecule is CC(C)N(Cc1ccccc1)c1cccc(Br)c1C(N)=S. The zero-order valence-corrected chi connectivity index (χ0v) is 14.6. The Morgan fingerprint density at radius 1 is 1.14 bits per heavy atom. The van der Waals surface area contributed by atoms with Crippen molar-refractivity contribution in [2.24, 2.45) is 5.73 Å². The first kappa shape index (κ1) is 16.0. The highest BCUT2D eigenvalue weighted by molar-refractivity contribution is 9.10. The van der Waals surface area contributed by atoms with Crippen LogP contribution in [0.1, 0.15) is 25.0 Å². The minimum Gasteiger partial charge on any atom is -0.389 e. The predicted octanol–water partition coefficient (Wildman–Crippen LogP) is 4.50. The molecule has 110 valence electrons. The lowest BCUT2D eigenvalue weighted by Crippen LogP contribution is -2.32. The Morgan fingerprint density at radius 3 is 2.38 bits per heavy atom. The van der Waals surface area contributed by atoms with E-state index in [1.807, 2.05) is 18.2 Å². The van der Waals surface area contributed by atoms with Crippen LogP contribution in [-0.4, -0.2) is 11.0 Å². The second-order valence-corrected chi connectivity index (χ2v) is 6.50. The predicted molar refractivity (Wildman–Crippen MR) is 97.8 cm³/mol. The van der Waals surface area contributed by atoms with Crippen molar-refractivity contribution in [1.82, 2.24) is 0 Å². The summed E-state index contributed by atoms with van der Waals surface area (Å²) >= 11 is 8.78. The summed E-state index contributed by atoms with van der Waals surface area (Å²) in [4.78, 5) is 2.73. The second kappa shape index (κ2) is 7.05. The number of hydrogen-bond donors (Lipinski definition) is 1. The van der Waals surface area contributed by atoms with Gasteiger partial charge in [0.15, 0.2) is 0 Å². The van der Waals surface area contributed by atoms with Crippen molar-refractivity contribution in [3.8, 4) is 0 Å². The van der Waals surface area contributed by atoms with Gasteiger partial charge in [0.25, 0.3) is 0 Å². The summed E-state index contributed by atoms with van der Waals surface area (Å²) in [5, 5.41) is 0. The molecule has 0 aliphatic carbocycles. The Labute approximate surface area is 140 Å². The molecule has 0 bridgehead atoms. The molecule has 21 heavy (non-hydrogen) atoms. The van der Waals surface area contributed by atoms with Crippen LogP contribution in [0.3, 0.4) is 0 Å². The van der Waals surface area contributed by atoms with Gasteiger partial charge in [-0.1, -0.05) is 48.6 Å². The Balaban J connectivity index is 2.44. The molecule has 0 fully saturated rings. The van der Waals surface area contributed by atoms with E-state index in [1.54, 1.807) is 0 Å². The number of halogens is 1. The first-order valence-electron chi connectivity index (χ1n) is 6.89. The van der Waals surface area contributed by atoms with Crippen LogP contribution >= 0.6 is 28.1 Å². The van der Waals surface area contributed by atoms with Crippen molar-refractivity contribution in [1.29, 1.82) is 0 Å². The molecule has 2 rings (SSSR count). The van der Waals surface area contributed by atoms with Crippen molar-refractivity contribution in [3.63, 3.8) is 0 Å². The number of hydrogen-bond acceptors (Lipinski definition) is 2. The van der Waals surface area contributed by atoms with Crippen molar-refractivity contribution < 1.29 is 0 Å². The van der Waals surface area contributed by atoms with Gasteiger partial charge in [-0.05, 0) is 47.5 Å². The van der Waals surface area contributed by atoms with E-state index in [2.05, 4.69) is 65.0 Å². The summed E-state index contributed by atoms with van der Waals surface area (Å²) < 4.78 is 0.936. The fourth-order valence-corrected chi connectivity index (χ4v) is 3.24. The highest BCUT2D eigenvalue weighted by Gasteiger charge is 2.18. The summed E-state index contributed by atoms with van der Waals surface area (Å²) in [7, 11) is 0. The van der Waals surface area contributed by atoms with E-state index in [-0.39, 0.29) is 0 Å². The first-order valence-corrected chi connectivity index (χ1v) is 8.09. The van der Waals surface area contributed by atoms with Crippen LogP contribution in [0.25, 0.3) is 0 Å². The molecule has 0 saturated heterocycles. The Morgan fingerprint density at radius 2 is 1.81 bits per heavy atom. The van der Waals surface area contributed by atoms with E-state index in [4.69, 9.17) is 18.0 Å². The number of thiocarbonyl (C=S) groups is 1. The molecule has 4 heteroatoms. The maximum absolute atomic E-state index is 5.92. The van der Waals surface area contributed by atoms with E-state index >= 15 is 0 Å². The smallest absolute Gasteiger partial charge is 0.107 e. The molecule has 0 heterocycles. The molecule has 0 aromatic heterocycles. The highest BCUT2D eigenvalue weighted by atomic mass is 79.9. The van der Waals surface area contributed by atoms with Gasteiger partial charge in [0.1, 0.15) is 4.99 Å². The molecule has 0 saturated carbocycles. The Kier molecular flexibility index (Phi) is 5.37. The van der Waals surface area contributed by atoms with Crippen LogP contribution in [0.2, 0.25) is 0 Å². The van der Waals surface area contributed by atoms with Crippen LogP contribution in [-0.2, 0) is 6.54 Å². The summed E-state index contributed by atoms with van der Waals surface area (Å²) in [5.74, 6) is 0. The van der Waals surface area contributed by atoms with Crippen LogP contribution in [0.15, 0.2) is 53.0 Å². The van der Waals surface area contributed by atoms with Gasteiger partial charge in [0, 0.05) is 28.3 Å². The van der Waals surface area contributed by atoms with Crippen LogP contribution in [0.4, 0.5) is 5.69 Å². The number of anilines is 1. The zero-order chi connectivity index (χ0) is 15.4. The zero-order valence-electron chi connectivity index (χ0n) is 12.2. The summed E-state index contributed by atoms with van der Waals surface area (Å²) in [6.45, 7) is 5.17. The molecule has 2 nitrogen and oxygen atoms in total. The molecule has 2 N–H and O–H groups in total. The minimum atomic E-state index is 0.340. The maximum atomic E-state index is 5.92. The number of nitrogens with zero attached hydrogens (tertiary/aromatic N) is 1. The Hall–Kier alpha value is -1.39. The monoisotopic (exact) mass is 362 g/mol.